The van der Waals surface area contributed by atoms with Crippen LogP contribution in [0, 0.1) is 6.92 Å². The lowest BCUT2D eigenvalue weighted by molar-refractivity contribution is 0.503. The molecule has 0 bridgehead atoms. The highest BCUT2D eigenvalue weighted by atomic mass is 32.2. The van der Waals surface area contributed by atoms with Crippen LogP contribution < -0.4 is 15.4 Å². The van der Waals surface area contributed by atoms with E-state index in [1.165, 1.54) is 23.5 Å². The molecule has 2 aromatic heterocycles. The molecule has 11 heteroatoms. The Balaban J connectivity index is 1.59. The van der Waals surface area contributed by atoms with Crippen LogP contribution in [0.2, 0.25) is 0 Å². The standard InChI is InChI=1S/C15H15N5O3S3/c1-10-18-19-15(25-10)20-26(21,22)13-6-4-11(5-7-13)17-14(24)16-9-12-3-2-8-23-12/h2-8H,9H2,1H3,(H,19,20)(H2,16,17,24). The lowest BCUT2D eigenvalue weighted by atomic mass is 10.3. The summed E-state index contributed by atoms with van der Waals surface area (Å²) in [7, 11) is -3.72. The number of sulfonamides is 1. The average molecular weight is 410 g/mol. The van der Waals surface area contributed by atoms with Gasteiger partial charge < -0.3 is 15.1 Å². The van der Waals surface area contributed by atoms with Crippen molar-refractivity contribution in [2.24, 2.45) is 0 Å². The summed E-state index contributed by atoms with van der Waals surface area (Å²) in [6.07, 6.45) is 1.59. The van der Waals surface area contributed by atoms with Gasteiger partial charge in [-0.3, -0.25) is 4.72 Å². The van der Waals surface area contributed by atoms with Gasteiger partial charge >= 0.3 is 0 Å². The molecule has 0 unspecified atom stereocenters. The van der Waals surface area contributed by atoms with Crippen molar-refractivity contribution in [1.82, 2.24) is 15.5 Å². The fourth-order valence-electron chi connectivity index (χ4n) is 1.98. The van der Waals surface area contributed by atoms with Gasteiger partial charge in [-0.2, -0.15) is 0 Å². The van der Waals surface area contributed by atoms with Gasteiger partial charge in [0.2, 0.25) is 5.13 Å². The summed E-state index contributed by atoms with van der Waals surface area (Å²) in [5, 5.41) is 14.8. The Kier molecular flexibility index (Phi) is 5.49. The second-order valence-corrected chi connectivity index (χ2v) is 8.42. The molecule has 0 fully saturated rings. The monoisotopic (exact) mass is 409 g/mol. The third-order valence-corrected chi connectivity index (χ3v) is 5.66. The average Bonchev–Trinajstić information content (AvgIpc) is 3.25. The second-order valence-electron chi connectivity index (χ2n) is 5.14. The highest BCUT2D eigenvalue weighted by Crippen LogP contribution is 2.20. The van der Waals surface area contributed by atoms with Gasteiger partial charge in [0.15, 0.2) is 5.11 Å². The van der Waals surface area contributed by atoms with Gasteiger partial charge in [0.25, 0.3) is 10.0 Å². The van der Waals surface area contributed by atoms with E-state index >= 15 is 0 Å². The first-order valence-electron chi connectivity index (χ1n) is 7.42. The molecule has 0 spiro atoms. The number of aromatic nitrogens is 2. The quantitative estimate of drug-likeness (QED) is 0.533. The molecule has 0 saturated heterocycles. The van der Waals surface area contributed by atoms with Crippen molar-refractivity contribution in [3.8, 4) is 0 Å². The van der Waals surface area contributed by atoms with Gasteiger partial charge in [-0.15, -0.1) is 10.2 Å². The molecule has 0 aliphatic heterocycles. The van der Waals surface area contributed by atoms with E-state index in [9.17, 15) is 8.42 Å². The van der Waals surface area contributed by atoms with Crippen LogP contribution in [0.25, 0.3) is 0 Å². The Labute approximate surface area is 159 Å². The molecule has 0 saturated carbocycles. The zero-order valence-corrected chi connectivity index (χ0v) is 16.0. The molecule has 3 rings (SSSR count). The Hall–Kier alpha value is -2.50. The highest BCUT2D eigenvalue weighted by molar-refractivity contribution is 7.93. The molecule has 3 N–H and O–H groups in total. The maximum absolute atomic E-state index is 12.3. The number of nitrogens with one attached hydrogen (secondary N) is 3. The van der Waals surface area contributed by atoms with Crippen LogP contribution in [0.5, 0.6) is 0 Å². The van der Waals surface area contributed by atoms with Gasteiger partial charge in [-0.25, -0.2) is 8.42 Å². The molecule has 3 aromatic rings. The van der Waals surface area contributed by atoms with Crippen molar-refractivity contribution < 1.29 is 12.8 Å². The Morgan fingerprint density at radius 1 is 1.23 bits per heavy atom. The van der Waals surface area contributed by atoms with E-state index in [2.05, 4.69) is 25.6 Å². The molecule has 0 aliphatic carbocycles. The number of thiocarbonyl (C=S) groups is 1. The van der Waals surface area contributed by atoms with Gasteiger partial charge in [0.05, 0.1) is 17.7 Å². The highest BCUT2D eigenvalue weighted by Gasteiger charge is 2.16. The molecule has 0 aliphatic rings. The summed E-state index contributed by atoms with van der Waals surface area (Å²) in [4.78, 5) is 0.116. The maximum Gasteiger partial charge on any atom is 0.263 e. The SMILES string of the molecule is Cc1nnc(NS(=O)(=O)c2ccc(NC(=S)NCc3ccco3)cc2)s1. The van der Waals surface area contributed by atoms with Gasteiger partial charge in [-0.05, 0) is 55.5 Å². The number of aryl methyl sites for hydroxylation is 1. The number of hydrogen-bond donors (Lipinski definition) is 3. The molecular formula is C15H15N5O3S3. The summed E-state index contributed by atoms with van der Waals surface area (Å²) < 4.78 is 32.3. The van der Waals surface area contributed by atoms with Gasteiger partial charge in [-0.1, -0.05) is 11.3 Å². The van der Waals surface area contributed by atoms with Crippen LogP contribution in [0.3, 0.4) is 0 Å². The predicted octanol–water partition coefficient (Wildman–Crippen LogP) is 2.73. The van der Waals surface area contributed by atoms with Gasteiger partial charge in [0.1, 0.15) is 10.8 Å². The number of rotatable bonds is 6. The van der Waals surface area contributed by atoms with Crippen LogP contribution in [0.1, 0.15) is 10.8 Å². The fourth-order valence-corrected chi connectivity index (χ4v) is 4.00. The van der Waals surface area contributed by atoms with Crippen molar-refractivity contribution in [2.45, 2.75) is 18.4 Å². The molecule has 0 amide bonds. The number of nitrogens with zero attached hydrogens (tertiary/aromatic N) is 2. The number of anilines is 2. The molecular weight excluding hydrogens is 394 g/mol. The second kappa shape index (κ2) is 7.81. The Bertz CT molecular complexity index is 982. The van der Waals surface area contributed by atoms with Crippen LogP contribution in [0.15, 0.2) is 52.0 Å². The van der Waals surface area contributed by atoms with E-state index < -0.39 is 10.0 Å². The molecule has 0 radical (unpaired) electrons. The minimum atomic E-state index is -3.72. The van der Waals surface area contributed by atoms with Crippen LogP contribution in [0.4, 0.5) is 10.8 Å². The predicted molar refractivity (Wildman–Crippen MR) is 104 cm³/mol. The Morgan fingerprint density at radius 2 is 2.00 bits per heavy atom. The Morgan fingerprint density at radius 3 is 2.62 bits per heavy atom. The number of hydrogen-bond acceptors (Lipinski definition) is 7. The summed E-state index contributed by atoms with van der Waals surface area (Å²) in [5.41, 5.74) is 0.660. The third-order valence-electron chi connectivity index (χ3n) is 3.17. The summed E-state index contributed by atoms with van der Waals surface area (Å²) in [5.74, 6) is 0.758. The first kappa shape index (κ1) is 18.3. The molecule has 1 aromatic carbocycles. The third kappa shape index (κ3) is 4.77. The van der Waals surface area contributed by atoms with Crippen LogP contribution in [-0.4, -0.2) is 23.7 Å². The van der Waals surface area contributed by atoms with E-state index in [4.69, 9.17) is 16.6 Å². The first-order chi connectivity index (χ1) is 12.4. The number of furan rings is 1. The number of benzene rings is 1. The molecule has 26 heavy (non-hydrogen) atoms. The topological polar surface area (TPSA) is 109 Å². The van der Waals surface area contributed by atoms with E-state index in [1.807, 2.05) is 6.07 Å². The zero-order valence-electron chi connectivity index (χ0n) is 13.6. The van der Waals surface area contributed by atoms with Crippen molar-refractivity contribution in [3.05, 3.63) is 53.4 Å². The summed E-state index contributed by atoms with van der Waals surface area (Å²) >= 11 is 6.36. The smallest absolute Gasteiger partial charge is 0.263 e. The maximum atomic E-state index is 12.3. The van der Waals surface area contributed by atoms with Crippen molar-refractivity contribution in [2.75, 3.05) is 10.0 Å². The van der Waals surface area contributed by atoms with Crippen molar-refractivity contribution in [3.63, 3.8) is 0 Å². The zero-order chi connectivity index (χ0) is 18.6. The van der Waals surface area contributed by atoms with E-state index in [0.29, 0.717) is 22.4 Å². The summed E-state index contributed by atoms with van der Waals surface area (Å²) in [6, 6.07) is 9.84. The van der Waals surface area contributed by atoms with E-state index in [0.717, 1.165) is 5.76 Å². The lowest BCUT2D eigenvalue weighted by Gasteiger charge is -2.10. The van der Waals surface area contributed by atoms with E-state index in [1.54, 1.807) is 31.4 Å². The van der Waals surface area contributed by atoms with Gasteiger partial charge in [0, 0.05) is 5.69 Å². The summed E-state index contributed by atoms with van der Waals surface area (Å²) in [6.45, 7) is 2.20. The van der Waals surface area contributed by atoms with E-state index in [-0.39, 0.29) is 10.0 Å². The van der Waals surface area contributed by atoms with Crippen LogP contribution in [-0.2, 0) is 16.6 Å². The normalized spacial score (nSPS) is 11.1. The lowest BCUT2D eigenvalue weighted by Crippen LogP contribution is -2.27. The molecule has 0 atom stereocenters. The van der Waals surface area contributed by atoms with Crippen molar-refractivity contribution >= 4 is 49.5 Å². The fraction of sp³-hybridized carbons (Fsp3) is 0.133. The largest absolute Gasteiger partial charge is 0.467 e. The van der Waals surface area contributed by atoms with Crippen molar-refractivity contribution in [1.29, 1.82) is 0 Å². The molecule has 136 valence electrons. The molecule has 2 heterocycles. The minimum absolute atomic E-state index is 0.116. The minimum Gasteiger partial charge on any atom is -0.467 e. The molecule has 8 nitrogen and oxygen atoms in total. The van der Waals surface area contributed by atoms with Crippen LogP contribution >= 0.6 is 23.6 Å². The first-order valence-corrected chi connectivity index (χ1v) is 10.1.